The molecule has 0 spiro atoms. The van der Waals surface area contributed by atoms with Crippen molar-refractivity contribution in [1.82, 2.24) is 4.98 Å². The number of aliphatic hydroxyl groups excluding tert-OH is 1. The number of aromatic nitrogens is 1. The van der Waals surface area contributed by atoms with Crippen LogP contribution in [-0.2, 0) is 11.8 Å². The third kappa shape index (κ3) is 2.34. The van der Waals surface area contributed by atoms with E-state index in [9.17, 15) is 5.11 Å². The molecule has 1 N–H and O–H groups in total. The van der Waals surface area contributed by atoms with Gasteiger partial charge in [0.2, 0.25) is 0 Å². The Morgan fingerprint density at radius 2 is 2.07 bits per heavy atom. The first-order valence-electron chi connectivity index (χ1n) is 5.09. The van der Waals surface area contributed by atoms with E-state index in [1.165, 1.54) is 10.6 Å². The van der Waals surface area contributed by atoms with Crippen LogP contribution in [0.15, 0.2) is 0 Å². The lowest BCUT2D eigenvalue weighted by atomic mass is 9.96. The van der Waals surface area contributed by atoms with Gasteiger partial charge in [0.25, 0.3) is 0 Å². The number of aryl methyl sites for hydroxylation is 2. The minimum Gasteiger partial charge on any atom is -0.395 e. The van der Waals surface area contributed by atoms with Gasteiger partial charge in [-0.15, -0.1) is 11.3 Å². The molecule has 80 valence electrons. The maximum Gasteiger partial charge on any atom is 0.101 e. The summed E-state index contributed by atoms with van der Waals surface area (Å²) in [5, 5.41) is 10.3. The summed E-state index contributed by atoms with van der Waals surface area (Å²) < 4.78 is 0. The maximum absolute atomic E-state index is 9.24. The summed E-state index contributed by atoms with van der Waals surface area (Å²) in [6.45, 7) is 8.49. The van der Waals surface area contributed by atoms with Gasteiger partial charge < -0.3 is 5.11 Å². The predicted molar refractivity (Wildman–Crippen MR) is 61.0 cm³/mol. The lowest BCUT2D eigenvalue weighted by molar-refractivity contribution is 0.218. The lowest BCUT2D eigenvalue weighted by Crippen LogP contribution is -2.21. The third-order valence-corrected chi connectivity index (χ3v) is 3.73. The second kappa shape index (κ2) is 4.41. The topological polar surface area (TPSA) is 33.1 Å². The number of hydrogen-bond acceptors (Lipinski definition) is 3. The molecule has 2 nitrogen and oxygen atoms in total. The first-order valence-corrected chi connectivity index (χ1v) is 5.90. The van der Waals surface area contributed by atoms with Crippen LogP contribution in [0.5, 0.6) is 0 Å². The predicted octanol–water partition coefficient (Wildman–Crippen LogP) is 2.67. The van der Waals surface area contributed by atoms with E-state index in [-0.39, 0.29) is 12.0 Å². The Labute approximate surface area is 90.0 Å². The van der Waals surface area contributed by atoms with Crippen LogP contribution in [0.3, 0.4) is 0 Å². The van der Waals surface area contributed by atoms with Crippen molar-refractivity contribution in [2.45, 2.75) is 46.0 Å². The van der Waals surface area contributed by atoms with Crippen molar-refractivity contribution in [1.29, 1.82) is 0 Å². The fourth-order valence-electron chi connectivity index (χ4n) is 1.25. The van der Waals surface area contributed by atoms with Gasteiger partial charge in [0.15, 0.2) is 0 Å². The van der Waals surface area contributed by atoms with Crippen LogP contribution in [0, 0.1) is 6.92 Å². The molecule has 1 rings (SSSR count). The Morgan fingerprint density at radius 1 is 1.43 bits per heavy atom. The van der Waals surface area contributed by atoms with Gasteiger partial charge in [-0.3, -0.25) is 0 Å². The summed E-state index contributed by atoms with van der Waals surface area (Å²) in [5.41, 5.74) is 1.01. The molecule has 0 radical (unpaired) electrons. The van der Waals surface area contributed by atoms with E-state index in [0.717, 1.165) is 17.8 Å². The average Bonchev–Trinajstić information content (AvgIpc) is 2.49. The quantitative estimate of drug-likeness (QED) is 0.834. The van der Waals surface area contributed by atoms with Crippen molar-refractivity contribution >= 4 is 11.3 Å². The van der Waals surface area contributed by atoms with Crippen molar-refractivity contribution < 1.29 is 5.11 Å². The molecule has 1 aromatic heterocycles. The molecule has 0 aliphatic carbocycles. The van der Waals surface area contributed by atoms with Gasteiger partial charge in [-0.25, -0.2) is 4.98 Å². The van der Waals surface area contributed by atoms with E-state index >= 15 is 0 Å². The van der Waals surface area contributed by atoms with Crippen molar-refractivity contribution in [3.63, 3.8) is 0 Å². The first-order chi connectivity index (χ1) is 6.51. The molecule has 0 bridgehead atoms. The lowest BCUT2D eigenvalue weighted by Gasteiger charge is -2.17. The van der Waals surface area contributed by atoms with Gasteiger partial charge in [0.1, 0.15) is 5.01 Å². The number of aliphatic hydroxyl groups is 1. The molecule has 0 saturated carbocycles. The molecule has 0 aliphatic heterocycles. The van der Waals surface area contributed by atoms with E-state index in [0.29, 0.717) is 0 Å². The normalized spacial score (nSPS) is 12.1. The SMILES string of the molecule is CCCc1nc(C(C)(C)CO)sc1C. The van der Waals surface area contributed by atoms with E-state index in [1.807, 2.05) is 13.8 Å². The van der Waals surface area contributed by atoms with Gasteiger partial charge in [-0.05, 0) is 13.3 Å². The molecule has 0 fully saturated rings. The van der Waals surface area contributed by atoms with E-state index in [1.54, 1.807) is 11.3 Å². The zero-order valence-electron chi connectivity index (χ0n) is 9.42. The summed E-state index contributed by atoms with van der Waals surface area (Å²) >= 11 is 1.71. The molecular weight excluding hydrogens is 194 g/mol. The molecular formula is C11H19NOS. The largest absolute Gasteiger partial charge is 0.395 e. The zero-order chi connectivity index (χ0) is 10.8. The second-order valence-electron chi connectivity index (χ2n) is 4.31. The van der Waals surface area contributed by atoms with Gasteiger partial charge in [-0.2, -0.15) is 0 Å². The Kier molecular flexibility index (Phi) is 3.67. The molecule has 1 aromatic rings. The van der Waals surface area contributed by atoms with Crippen LogP contribution in [0.25, 0.3) is 0 Å². The highest BCUT2D eigenvalue weighted by Crippen LogP contribution is 2.29. The second-order valence-corrected chi connectivity index (χ2v) is 5.52. The smallest absolute Gasteiger partial charge is 0.101 e. The summed E-state index contributed by atoms with van der Waals surface area (Å²) in [4.78, 5) is 5.90. The van der Waals surface area contributed by atoms with E-state index in [2.05, 4.69) is 18.8 Å². The number of nitrogens with zero attached hydrogens (tertiary/aromatic N) is 1. The van der Waals surface area contributed by atoms with Crippen molar-refractivity contribution in [2.75, 3.05) is 6.61 Å². The van der Waals surface area contributed by atoms with Crippen LogP contribution >= 0.6 is 11.3 Å². The van der Waals surface area contributed by atoms with Crippen LogP contribution in [0.1, 0.15) is 42.8 Å². The van der Waals surface area contributed by atoms with Gasteiger partial charge in [0, 0.05) is 10.3 Å². The molecule has 0 amide bonds. The van der Waals surface area contributed by atoms with Crippen LogP contribution in [0.2, 0.25) is 0 Å². The molecule has 0 atom stereocenters. The van der Waals surface area contributed by atoms with Crippen molar-refractivity contribution in [3.05, 3.63) is 15.6 Å². The summed E-state index contributed by atoms with van der Waals surface area (Å²) in [7, 11) is 0. The van der Waals surface area contributed by atoms with Crippen molar-refractivity contribution in [2.24, 2.45) is 0 Å². The highest BCUT2D eigenvalue weighted by molar-refractivity contribution is 7.11. The highest BCUT2D eigenvalue weighted by atomic mass is 32.1. The van der Waals surface area contributed by atoms with Gasteiger partial charge in [-0.1, -0.05) is 27.2 Å². The number of thiazole rings is 1. The van der Waals surface area contributed by atoms with Crippen LogP contribution in [-0.4, -0.2) is 16.7 Å². The Hall–Kier alpha value is -0.410. The fourth-order valence-corrected chi connectivity index (χ4v) is 2.31. The Morgan fingerprint density at radius 3 is 2.57 bits per heavy atom. The highest BCUT2D eigenvalue weighted by Gasteiger charge is 2.24. The van der Waals surface area contributed by atoms with Gasteiger partial charge >= 0.3 is 0 Å². The third-order valence-electron chi connectivity index (χ3n) is 2.35. The Balaban J connectivity index is 2.96. The number of hydrogen-bond donors (Lipinski definition) is 1. The molecule has 0 saturated heterocycles. The monoisotopic (exact) mass is 213 g/mol. The maximum atomic E-state index is 9.24. The fraction of sp³-hybridized carbons (Fsp3) is 0.727. The van der Waals surface area contributed by atoms with Crippen LogP contribution in [0.4, 0.5) is 0 Å². The van der Waals surface area contributed by atoms with Crippen LogP contribution < -0.4 is 0 Å². The summed E-state index contributed by atoms with van der Waals surface area (Å²) in [6.07, 6.45) is 2.17. The molecule has 0 aliphatic rings. The molecule has 14 heavy (non-hydrogen) atoms. The number of rotatable bonds is 4. The minimum absolute atomic E-state index is 0.158. The molecule has 1 heterocycles. The van der Waals surface area contributed by atoms with E-state index in [4.69, 9.17) is 0 Å². The average molecular weight is 213 g/mol. The first kappa shape index (κ1) is 11.7. The standard InChI is InChI=1S/C11H19NOS/c1-5-6-9-8(2)14-10(12-9)11(3,4)7-13/h13H,5-7H2,1-4H3. The molecule has 0 unspecified atom stereocenters. The summed E-state index contributed by atoms with van der Waals surface area (Å²) in [5.74, 6) is 0. The Bertz CT molecular complexity index is 304. The van der Waals surface area contributed by atoms with E-state index < -0.39 is 0 Å². The van der Waals surface area contributed by atoms with Gasteiger partial charge in [0.05, 0.1) is 12.3 Å². The summed E-state index contributed by atoms with van der Waals surface area (Å²) in [6, 6.07) is 0. The molecule has 3 heteroatoms. The van der Waals surface area contributed by atoms with Crippen molar-refractivity contribution in [3.8, 4) is 0 Å². The molecule has 0 aromatic carbocycles. The minimum atomic E-state index is -0.193. The zero-order valence-corrected chi connectivity index (χ0v) is 10.2.